The zero-order valence-corrected chi connectivity index (χ0v) is 13.5. The Morgan fingerprint density at radius 1 is 1.43 bits per heavy atom. The maximum Gasteiger partial charge on any atom is 0.337 e. The number of esters is 1. The number of benzene rings is 1. The van der Waals surface area contributed by atoms with Crippen LogP contribution in [0.5, 0.6) is 0 Å². The van der Waals surface area contributed by atoms with Crippen LogP contribution in [0.25, 0.3) is 0 Å². The molecule has 7 heteroatoms. The van der Waals surface area contributed by atoms with Gasteiger partial charge in [-0.25, -0.2) is 17.9 Å². The van der Waals surface area contributed by atoms with Gasteiger partial charge in [0, 0.05) is 6.54 Å². The van der Waals surface area contributed by atoms with Gasteiger partial charge in [-0.3, -0.25) is 0 Å². The molecule has 1 rings (SSSR count). The van der Waals surface area contributed by atoms with Gasteiger partial charge in [0.05, 0.1) is 23.2 Å². The summed E-state index contributed by atoms with van der Waals surface area (Å²) >= 11 is 0. The fraction of sp³-hybridized carbons (Fsp3) is 0.500. The molecule has 0 bridgehead atoms. The molecular formula is C14H21NO5S. The fourth-order valence-electron chi connectivity index (χ4n) is 1.59. The predicted molar refractivity (Wildman–Crippen MR) is 78.6 cm³/mol. The van der Waals surface area contributed by atoms with E-state index in [2.05, 4.69) is 9.46 Å². The Kier molecular flexibility index (Phi) is 5.49. The Balaban J connectivity index is 3.10. The zero-order chi connectivity index (χ0) is 16.3. The zero-order valence-electron chi connectivity index (χ0n) is 12.6. The summed E-state index contributed by atoms with van der Waals surface area (Å²) in [4.78, 5) is 11.5. The van der Waals surface area contributed by atoms with Crippen LogP contribution in [0, 0.1) is 6.92 Å². The molecule has 0 saturated carbocycles. The molecule has 0 saturated heterocycles. The largest absolute Gasteiger partial charge is 0.465 e. The van der Waals surface area contributed by atoms with E-state index in [1.165, 1.54) is 19.2 Å². The molecule has 1 atom stereocenters. The third-order valence-corrected chi connectivity index (χ3v) is 4.85. The average molecular weight is 315 g/mol. The average Bonchev–Trinajstić information content (AvgIpc) is 2.45. The molecule has 0 spiro atoms. The molecule has 0 amide bonds. The number of nitrogens with one attached hydrogen (secondary N) is 1. The molecule has 0 aliphatic carbocycles. The molecule has 0 aromatic heterocycles. The van der Waals surface area contributed by atoms with Crippen molar-refractivity contribution < 1.29 is 23.1 Å². The van der Waals surface area contributed by atoms with Crippen LogP contribution in [-0.2, 0) is 14.8 Å². The number of hydrogen-bond donors (Lipinski definition) is 2. The lowest BCUT2D eigenvalue weighted by molar-refractivity contribution is 0.0597. The van der Waals surface area contributed by atoms with Crippen LogP contribution in [0.1, 0.15) is 36.2 Å². The van der Waals surface area contributed by atoms with Gasteiger partial charge in [-0.2, -0.15) is 0 Å². The normalized spacial score (nSPS) is 14.5. The summed E-state index contributed by atoms with van der Waals surface area (Å²) in [6.45, 7) is 4.84. The minimum atomic E-state index is -3.82. The minimum absolute atomic E-state index is 0.00250. The van der Waals surface area contributed by atoms with Crippen molar-refractivity contribution >= 4 is 16.0 Å². The number of rotatable bonds is 6. The maximum absolute atomic E-state index is 12.3. The molecule has 1 unspecified atom stereocenters. The summed E-state index contributed by atoms with van der Waals surface area (Å²) in [6, 6.07) is 4.31. The van der Waals surface area contributed by atoms with Crippen LogP contribution < -0.4 is 4.72 Å². The highest BCUT2D eigenvalue weighted by Gasteiger charge is 2.24. The number of methoxy groups -OCH3 is 1. The molecule has 0 heterocycles. The van der Waals surface area contributed by atoms with Crippen molar-refractivity contribution in [3.05, 3.63) is 29.3 Å². The molecule has 6 nitrogen and oxygen atoms in total. The van der Waals surface area contributed by atoms with E-state index in [9.17, 15) is 18.3 Å². The Morgan fingerprint density at radius 2 is 2.05 bits per heavy atom. The lowest BCUT2D eigenvalue weighted by atomic mass is 10.1. The molecule has 0 aliphatic rings. The second-order valence-corrected chi connectivity index (χ2v) is 6.88. The van der Waals surface area contributed by atoms with Crippen LogP contribution in [-0.4, -0.2) is 38.7 Å². The molecule has 0 aliphatic heterocycles. The standard InChI is InChI=1S/C14H21NO5S/c1-5-14(3,17)9-15-21(18,19)12-8-11(13(16)20-4)7-6-10(12)2/h6-8,15,17H,5,9H2,1-4H3. The van der Waals surface area contributed by atoms with Gasteiger partial charge in [0.1, 0.15) is 0 Å². The Morgan fingerprint density at radius 3 is 2.57 bits per heavy atom. The monoisotopic (exact) mass is 315 g/mol. The maximum atomic E-state index is 12.3. The Hall–Kier alpha value is -1.44. The van der Waals surface area contributed by atoms with Crippen molar-refractivity contribution in [2.24, 2.45) is 0 Å². The van der Waals surface area contributed by atoms with Crippen LogP contribution in [0.3, 0.4) is 0 Å². The van der Waals surface area contributed by atoms with Crippen molar-refractivity contribution in [1.29, 1.82) is 0 Å². The third-order valence-electron chi connectivity index (χ3n) is 3.30. The summed E-state index contributed by atoms with van der Waals surface area (Å²) in [5, 5.41) is 9.88. The van der Waals surface area contributed by atoms with E-state index in [1.807, 2.05) is 0 Å². The minimum Gasteiger partial charge on any atom is -0.465 e. The highest BCUT2D eigenvalue weighted by atomic mass is 32.2. The first-order valence-corrected chi connectivity index (χ1v) is 8.02. The Bertz CT molecular complexity index is 622. The van der Waals surface area contributed by atoms with Gasteiger partial charge in [-0.1, -0.05) is 13.0 Å². The topological polar surface area (TPSA) is 92.7 Å². The molecule has 0 radical (unpaired) electrons. The molecule has 1 aromatic carbocycles. The lowest BCUT2D eigenvalue weighted by Crippen LogP contribution is -2.40. The third kappa shape index (κ3) is 4.52. The first kappa shape index (κ1) is 17.6. The second-order valence-electron chi connectivity index (χ2n) is 5.15. The molecule has 0 fully saturated rings. The number of ether oxygens (including phenoxy) is 1. The van der Waals surface area contributed by atoms with Crippen molar-refractivity contribution in [2.75, 3.05) is 13.7 Å². The van der Waals surface area contributed by atoms with Gasteiger partial charge >= 0.3 is 5.97 Å². The molecule has 21 heavy (non-hydrogen) atoms. The summed E-state index contributed by atoms with van der Waals surface area (Å²) in [5.41, 5.74) is -0.460. The number of carbonyl (C=O) groups excluding carboxylic acids is 1. The van der Waals surface area contributed by atoms with Crippen molar-refractivity contribution in [3.8, 4) is 0 Å². The first-order valence-electron chi connectivity index (χ1n) is 6.54. The molecule has 1 aromatic rings. The smallest absolute Gasteiger partial charge is 0.337 e. The molecule has 118 valence electrons. The highest BCUT2D eigenvalue weighted by Crippen LogP contribution is 2.18. The lowest BCUT2D eigenvalue weighted by Gasteiger charge is -2.22. The predicted octanol–water partition coefficient (Wildman–Crippen LogP) is 1.22. The van der Waals surface area contributed by atoms with Crippen LogP contribution in [0.15, 0.2) is 23.1 Å². The number of hydrogen-bond acceptors (Lipinski definition) is 5. The van der Waals surface area contributed by atoms with Gasteiger partial charge in [-0.15, -0.1) is 0 Å². The number of carbonyl (C=O) groups is 1. The van der Waals surface area contributed by atoms with E-state index < -0.39 is 21.6 Å². The fourth-order valence-corrected chi connectivity index (χ4v) is 3.02. The van der Waals surface area contributed by atoms with E-state index in [-0.39, 0.29) is 17.0 Å². The quantitative estimate of drug-likeness (QED) is 0.770. The summed E-state index contributed by atoms with van der Waals surface area (Å²) in [6.07, 6.45) is 0.413. The summed E-state index contributed by atoms with van der Waals surface area (Å²) in [5.74, 6) is -0.605. The van der Waals surface area contributed by atoms with E-state index in [0.29, 0.717) is 12.0 Å². The number of sulfonamides is 1. The SMILES string of the molecule is CCC(C)(O)CNS(=O)(=O)c1cc(C(=O)OC)ccc1C. The van der Waals surface area contributed by atoms with E-state index in [4.69, 9.17) is 0 Å². The number of aryl methyl sites for hydroxylation is 1. The van der Waals surface area contributed by atoms with Crippen LogP contribution in [0.4, 0.5) is 0 Å². The highest BCUT2D eigenvalue weighted by molar-refractivity contribution is 7.89. The van der Waals surface area contributed by atoms with Crippen LogP contribution >= 0.6 is 0 Å². The first-order chi connectivity index (χ1) is 9.63. The van der Waals surface area contributed by atoms with Gasteiger partial charge in [-0.05, 0) is 38.0 Å². The van der Waals surface area contributed by atoms with E-state index >= 15 is 0 Å². The van der Waals surface area contributed by atoms with Gasteiger partial charge in [0.15, 0.2) is 0 Å². The van der Waals surface area contributed by atoms with Crippen LogP contribution in [0.2, 0.25) is 0 Å². The van der Waals surface area contributed by atoms with E-state index in [0.717, 1.165) is 0 Å². The Labute approximate surface area is 125 Å². The van der Waals surface area contributed by atoms with Gasteiger partial charge in [0.25, 0.3) is 0 Å². The van der Waals surface area contributed by atoms with Gasteiger partial charge in [0.2, 0.25) is 10.0 Å². The molecule has 2 N–H and O–H groups in total. The summed E-state index contributed by atoms with van der Waals surface area (Å²) in [7, 11) is -2.59. The second kappa shape index (κ2) is 6.55. The van der Waals surface area contributed by atoms with Gasteiger partial charge < -0.3 is 9.84 Å². The van der Waals surface area contributed by atoms with Crippen molar-refractivity contribution in [1.82, 2.24) is 4.72 Å². The summed E-state index contributed by atoms with van der Waals surface area (Å²) < 4.78 is 31.6. The number of aliphatic hydroxyl groups is 1. The van der Waals surface area contributed by atoms with Crippen molar-refractivity contribution in [2.45, 2.75) is 37.7 Å². The molecular weight excluding hydrogens is 294 g/mol. The van der Waals surface area contributed by atoms with Crippen molar-refractivity contribution in [3.63, 3.8) is 0 Å². The van der Waals surface area contributed by atoms with E-state index in [1.54, 1.807) is 26.8 Å².